The predicted octanol–water partition coefficient (Wildman–Crippen LogP) is 3.29. The smallest absolute Gasteiger partial charge is 0.309 e. The van der Waals surface area contributed by atoms with E-state index in [1.165, 1.54) is 26.0 Å². The lowest BCUT2D eigenvalue weighted by Gasteiger charge is -2.21. The van der Waals surface area contributed by atoms with Crippen LogP contribution >= 0.6 is 0 Å². The molecule has 0 aliphatic rings. The van der Waals surface area contributed by atoms with Gasteiger partial charge in [0.2, 0.25) is 0 Å². The number of hydrogen-bond donors (Lipinski definition) is 2. The van der Waals surface area contributed by atoms with Crippen LogP contribution in [-0.4, -0.2) is 16.2 Å². The van der Waals surface area contributed by atoms with Gasteiger partial charge in [-0.25, -0.2) is 8.78 Å². The Hall–Kier alpha value is -1.65. The first-order chi connectivity index (χ1) is 8.15. The van der Waals surface area contributed by atoms with E-state index in [1.54, 1.807) is 6.92 Å². The van der Waals surface area contributed by atoms with Crippen LogP contribution in [0.2, 0.25) is 0 Å². The molecule has 0 fully saturated rings. The van der Waals surface area contributed by atoms with Crippen LogP contribution in [0.25, 0.3) is 0 Å². The molecule has 1 aromatic rings. The van der Waals surface area contributed by atoms with Gasteiger partial charge in [-0.15, -0.1) is 0 Å². The molecule has 2 N–H and O–H groups in total. The average Bonchev–Trinajstić information content (AvgIpc) is 2.21. The number of alkyl halides is 2. The second-order valence-corrected chi connectivity index (χ2v) is 5.03. The quantitative estimate of drug-likeness (QED) is 0.871. The SMILES string of the molecule is Cc1cc(CC(C)(C)C(=O)O)c(O)c(C(F)F)c1. The zero-order chi connectivity index (χ0) is 14.1. The van der Waals surface area contributed by atoms with E-state index in [0.717, 1.165) is 0 Å². The standard InChI is InChI=1S/C13H16F2O3/c1-7-4-8(6-13(2,3)12(17)18)10(16)9(5-7)11(14)15/h4-5,11,16H,6H2,1-3H3,(H,17,18). The molecule has 0 unspecified atom stereocenters. The van der Waals surface area contributed by atoms with Gasteiger partial charge in [-0.2, -0.15) is 0 Å². The summed E-state index contributed by atoms with van der Waals surface area (Å²) in [6.45, 7) is 4.60. The molecular weight excluding hydrogens is 242 g/mol. The van der Waals surface area contributed by atoms with Gasteiger partial charge >= 0.3 is 5.97 Å². The Balaban J connectivity index is 3.22. The van der Waals surface area contributed by atoms with Crippen LogP contribution in [0.4, 0.5) is 8.78 Å². The molecular formula is C13H16F2O3. The van der Waals surface area contributed by atoms with Crippen molar-refractivity contribution in [2.24, 2.45) is 5.41 Å². The third-order valence-corrected chi connectivity index (χ3v) is 2.81. The lowest BCUT2D eigenvalue weighted by atomic mass is 9.84. The van der Waals surface area contributed by atoms with Gasteiger partial charge in [-0.05, 0) is 38.8 Å². The van der Waals surface area contributed by atoms with Crippen molar-refractivity contribution in [1.29, 1.82) is 0 Å². The lowest BCUT2D eigenvalue weighted by Crippen LogP contribution is -2.26. The van der Waals surface area contributed by atoms with E-state index in [0.29, 0.717) is 5.56 Å². The fraction of sp³-hybridized carbons (Fsp3) is 0.462. The van der Waals surface area contributed by atoms with Crippen molar-refractivity contribution in [2.75, 3.05) is 0 Å². The zero-order valence-corrected chi connectivity index (χ0v) is 10.5. The van der Waals surface area contributed by atoms with Crippen LogP contribution in [-0.2, 0) is 11.2 Å². The van der Waals surface area contributed by atoms with Crippen LogP contribution in [0.3, 0.4) is 0 Å². The molecule has 0 aliphatic carbocycles. The minimum absolute atomic E-state index is 0.00440. The molecule has 0 radical (unpaired) electrons. The van der Waals surface area contributed by atoms with Crippen molar-refractivity contribution < 1.29 is 23.8 Å². The Bertz CT molecular complexity index is 468. The second-order valence-electron chi connectivity index (χ2n) is 5.03. The third kappa shape index (κ3) is 2.97. The molecule has 0 saturated heterocycles. The molecule has 1 aromatic carbocycles. The molecule has 3 nitrogen and oxygen atoms in total. The molecule has 0 aliphatic heterocycles. The van der Waals surface area contributed by atoms with E-state index in [-0.39, 0.29) is 12.0 Å². The summed E-state index contributed by atoms with van der Waals surface area (Å²) in [4.78, 5) is 11.0. The van der Waals surface area contributed by atoms with Gasteiger partial charge in [0.1, 0.15) is 5.75 Å². The molecule has 0 bridgehead atoms. The number of carbonyl (C=O) groups is 1. The maximum absolute atomic E-state index is 12.7. The number of aryl methyl sites for hydroxylation is 1. The highest BCUT2D eigenvalue weighted by atomic mass is 19.3. The molecule has 0 amide bonds. The number of phenolic OH excluding ortho intramolecular Hbond substituents is 1. The largest absolute Gasteiger partial charge is 0.507 e. The molecule has 5 heteroatoms. The van der Waals surface area contributed by atoms with E-state index in [4.69, 9.17) is 5.11 Å². The number of benzene rings is 1. The van der Waals surface area contributed by atoms with E-state index >= 15 is 0 Å². The van der Waals surface area contributed by atoms with Crippen LogP contribution in [0.15, 0.2) is 12.1 Å². The monoisotopic (exact) mass is 258 g/mol. The Morgan fingerprint density at radius 2 is 1.94 bits per heavy atom. The summed E-state index contributed by atoms with van der Waals surface area (Å²) >= 11 is 0. The number of aliphatic carboxylic acids is 1. The van der Waals surface area contributed by atoms with Gasteiger partial charge < -0.3 is 10.2 Å². The van der Waals surface area contributed by atoms with Crippen molar-refractivity contribution in [3.8, 4) is 5.75 Å². The van der Waals surface area contributed by atoms with Gasteiger partial charge in [0.05, 0.1) is 11.0 Å². The number of halogens is 2. The summed E-state index contributed by atoms with van der Waals surface area (Å²) in [6, 6.07) is 2.74. The van der Waals surface area contributed by atoms with Crippen LogP contribution < -0.4 is 0 Å². The first-order valence-corrected chi connectivity index (χ1v) is 5.49. The van der Waals surface area contributed by atoms with Crippen molar-refractivity contribution in [3.63, 3.8) is 0 Å². The minimum Gasteiger partial charge on any atom is -0.507 e. The predicted molar refractivity (Wildman–Crippen MR) is 62.9 cm³/mol. The number of hydrogen-bond acceptors (Lipinski definition) is 2. The molecule has 0 saturated carbocycles. The Morgan fingerprint density at radius 1 is 1.39 bits per heavy atom. The topological polar surface area (TPSA) is 57.5 Å². The lowest BCUT2D eigenvalue weighted by molar-refractivity contribution is -0.146. The minimum atomic E-state index is -2.78. The third-order valence-electron chi connectivity index (χ3n) is 2.81. The summed E-state index contributed by atoms with van der Waals surface area (Å²) in [5.41, 5.74) is -0.770. The Morgan fingerprint density at radius 3 is 2.39 bits per heavy atom. The normalized spacial score (nSPS) is 11.9. The molecule has 0 heterocycles. The summed E-state index contributed by atoms with van der Waals surface area (Å²) in [5.74, 6) is -1.55. The highest BCUT2D eigenvalue weighted by molar-refractivity contribution is 5.74. The highest BCUT2D eigenvalue weighted by Gasteiger charge is 2.29. The van der Waals surface area contributed by atoms with Gasteiger partial charge in [0, 0.05) is 0 Å². The summed E-state index contributed by atoms with van der Waals surface area (Å²) in [7, 11) is 0. The maximum Gasteiger partial charge on any atom is 0.309 e. The highest BCUT2D eigenvalue weighted by Crippen LogP contribution is 2.35. The number of aromatic hydroxyl groups is 1. The summed E-state index contributed by atoms with van der Waals surface area (Å²) in [6.07, 6.45) is -2.79. The molecule has 1 rings (SSSR count). The first kappa shape index (κ1) is 14.4. The maximum atomic E-state index is 12.7. The van der Waals surface area contributed by atoms with Crippen LogP contribution in [0.1, 0.15) is 37.0 Å². The summed E-state index contributed by atoms with van der Waals surface area (Å²) < 4.78 is 25.4. The summed E-state index contributed by atoms with van der Waals surface area (Å²) in [5, 5.41) is 18.8. The van der Waals surface area contributed by atoms with E-state index in [9.17, 15) is 18.7 Å². The van der Waals surface area contributed by atoms with Crippen LogP contribution in [0, 0.1) is 12.3 Å². The number of carboxylic acid groups (broad SMARTS) is 1. The number of carboxylic acids is 1. The van der Waals surface area contributed by atoms with Crippen LogP contribution in [0.5, 0.6) is 5.75 Å². The number of rotatable bonds is 4. The van der Waals surface area contributed by atoms with E-state index in [2.05, 4.69) is 0 Å². The molecule has 0 atom stereocenters. The Kier molecular flexibility index (Phi) is 3.94. The van der Waals surface area contributed by atoms with Gasteiger partial charge in [-0.3, -0.25) is 4.79 Å². The van der Waals surface area contributed by atoms with Crippen molar-refractivity contribution >= 4 is 5.97 Å². The second kappa shape index (κ2) is 4.92. The van der Waals surface area contributed by atoms with E-state index < -0.39 is 29.1 Å². The van der Waals surface area contributed by atoms with Gasteiger partial charge in [0.25, 0.3) is 6.43 Å². The van der Waals surface area contributed by atoms with Crippen molar-refractivity contribution in [2.45, 2.75) is 33.6 Å². The van der Waals surface area contributed by atoms with Crippen molar-refractivity contribution in [3.05, 3.63) is 28.8 Å². The molecule has 0 spiro atoms. The average molecular weight is 258 g/mol. The fourth-order valence-corrected chi connectivity index (χ4v) is 1.74. The Labute approximate surface area is 104 Å². The fourth-order valence-electron chi connectivity index (χ4n) is 1.74. The molecule has 18 heavy (non-hydrogen) atoms. The van der Waals surface area contributed by atoms with Gasteiger partial charge in [0.15, 0.2) is 0 Å². The molecule has 100 valence electrons. The number of phenols is 1. The first-order valence-electron chi connectivity index (χ1n) is 5.49. The van der Waals surface area contributed by atoms with Gasteiger partial charge in [-0.1, -0.05) is 11.6 Å². The van der Waals surface area contributed by atoms with E-state index in [1.807, 2.05) is 0 Å². The zero-order valence-electron chi connectivity index (χ0n) is 10.5. The van der Waals surface area contributed by atoms with Crippen molar-refractivity contribution in [1.82, 2.24) is 0 Å². The molecule has 0 aromatic heterocycles.